The Balaban J connectivity index is 2.48. The SMILES string of the molecule is CC(C)Nc1cccn2cnnc12. The van der Waals surface area contributed by atoms with E-state index in [1.165, 1.54) is 0 Å². The van der Waals surface area contributed by atoms with Crippen molar-refractivity contribution in [3.05, 3.63) is 24.7 Å². The Morgan fingerprint density at radius 3 is 3.08 bits per heavy atom. The summed E-state index contributed by atoms with van der Waals surface area (Å²) in [5, 5.41) is 11.2. The molecule has 68 valence electrons. The second-order valence-electron chi connectivity index (χ2n) is 3.28. The Morgan fingerprint density at radius 2 is 2.31 bits per heavy atom. The van der Waals surface area contributed by atoms with E-state index in [2.05, 4.69) is 29.4 Å². The molecule has 0 bridgehead atoms. The van der Waals surface area contributed by atoms with E-state index in [0.717, 1.165) is 11.3 Å². The number of rotatable bonds is 2. The van der Waals surface area contributed by atoms with Crippen molar-refractivity contribution in [1.29, 1.82) is 0 Å². The zero-order chi connectivity index (χ0) is 9.26. The molecule has 0 aliphatic heterocycles. The Labute approximate surface area is 76.6 Å². The van der Waals surface area contributed by atoms with E-state index >= 15 is 0 Å². The average molecular weight is 176 g/mol. The summed E-state index contributed by atoms with van der Waals surface area (Å²) in [6, 6.07) is 4.38. The molecule has 0 amide bonds. The van der Waals surface area contributed by atoms with Gasteiger partial charge in [0.25, 0.3) is 0 Å². The molecule has 13 heavy (non-hydrogen) atoms. The van der Waals surface area contributed by atoms with Crippen LogP contribution in [0, 0.1) is 0 Å². The first-order valence-corrected chi connectivity index (χ1v) is 4.32. The van der Waals surface area contributed by atoms with Gasteiger partial charge in [-0.3, -0.25) is 4.40 Å². The third-order valence-electron chi connectivity index (χ3n) is 1.77. The monoisotopic (exact) mass is 176 g/mol. The van der Waals surface area contributed by atoms with Crippen molar-refractivity contribution < 1.29 is 0 Å². The standard InChI is InChI=1S/C9H12N4/c1-7(2)11-8-4-3-5-13-6-10-12-9(8)13/h3-7,11H,1-2H3. The number of hydrogen-bond acceptors (Lipinski definition) is 3. The molecule has 2 rings (SSSR count). The van der Waals surface area contributed by atoms with Crippen molar-refractivity contribution in [2.75, 3.05) is 5.32 Å². The van der Waals surface area contributed by atoms with Gasteiger partial charge in [0.1, 0.15) is 6.33 Å². The lowest BCUT2D eigenvalue weighted by Crippen LogP contribution is -2.10. The molecule has 4 heteroatoms. The normalized spacial score (nSPS) is 11.0. The van der Waals surface area contributed by atoms with E-state index in [1.807, 2.05) is 22.7 Å². The molecule has 0 unspecified atom stereocenters. The number of fused-ring (bicyclic) bond motifs is 1. The molecule has 2 heterocycles. The van der Waals surface area contributed by atoms with E-state index in [-0.39, 0.29) is 0 Å². The van der Waals surface area contributed by atoms with Gasteiger partial charge in [-0.05, 0) is 26.0 Å². The van der Waals surface area contributed by atoms with Crippen molar-refractivity contribution in [1.82, 2.24) is 14.6 Å². The number of hydrogen-bond donors (Lipinski definition) is 1. The van der Waals surface area contributed by atoms with Crippen molar-refractivity contribution >= 4 is 11.3 Å². The average Bonchev–Trinajstić information content (AvgIpc) is 2.51. The summed E-state index contributed by atoms with van der Waals surface area (Å²) >= 11 is 0. The molecule has 0 saturated heterocycles. The van der Waals surface area contributed by atoms with Gasteiger partial charge in [0.05, 0.1) is 5.69 Å². The fraction of sp³-hybridized carbons (Fsp3) is 0.333. The molecule has 4 nitrogen and oxygen atoms in total. The van der Waals surface area contributed by atoms with Crippen molar-refractivity contribution in [3.8, 4) is 0 Å². The molecule has 0 aliphatic carbocycles. The molecular formula is C9H12N4. The van der Waals surface area contributed by atoms with Gasteiger partial charge in [0.2, 0.25) is 0 Å². The Morgan fingerprint density at radius 1 is 1.46 bits per heavy atom. The highest BCUT2D eigenvalue weighted by Gasteiger charge is 2.02. The number of aromatic nitrogens is 3. The minimum Gasteiger partial charge on any atom is -0.380 e. The quantitative estimate of drug-likeness (QED) is 0.754. The van der Waals surface area contributed by atoms with Crippen LogP contribution in [-0.4, -0.2) is 20.6 Å². The van der Waals surface area contributed by atoms with Crippen LogP contribution in [0.5, 0.6) is 0 Å². The molecule has 0 fully saturated rings. The van der Waals surface area contributed by atoms with Gasteiger partial charge in [0, 0.05) is 12.2 Å². The summed E-state index contributed by atoms with van der Waals surface area (Å²) in [5.41, 5.74) is 1.89. The van der Waals surface area contributed by atoms with Crippen LogP contribution >= 0.6 is 0 Å². The molecular weight excluding hydrogens is 164 g/mol. The molecule has 0 atom stereocenters. The Hall–Kier alpha value is -1.58. The molecule has 1 N–H and O–H groups in total. The topological polar surface area (TPSA) is 42.2 Å². The van der Waals surface area contributed by atoms with Crippen LogP contribution in [0.2, 0.25) is 0 Å². The van der Waals surface area contributed by atoms with E-state index in [9.17, 15) is 0 Å². The fourth-order valence-electron chi connectivity index (χ4n) is 1.27. The van der Waals surface area contributed by atoms with Crippen molar-refractivity contribution in [3.63, 3.8) is 0 Å². The molecule has 2 aromatic rings. The summed E-state index contributed by atoms with van der Waals surface area (Å²) in [5.74, 6) is 0. The van der Waals surface area contributed by atoms with Gasteiger partial charge in [0.15, 0.2) is 5.65 Å². The zero-order valence-corrected chi connectivity index (χ0v) is 7.73. The third kappa shape index (κ3) is 1.47. The summed E-state index contributed by atoms with van der Waals surface area (Å²) in [6.07, 6.45) is 3.63. The summed E-state index contributed by atoms with van der Waals surface area (Å²) in [7, 11) is 0. The second-order valence-corrected chi connectivity index (χ2v) is 3.28. The van der Waals surface area contributed by atoms with Crippen LogP contribution < -0.4 is 5.32 Å². The first-order chi connectivity index (χ1) is 6.27. The number of nitrogens with zero attached hydrogens (tertiary/aromatic N) is 3. The molecule has 0 aliphatic rings. The summed E-state index contributed by atoms with van der Waals surface area (Å²) in [4.78, 5) is 0. The second kappa shape index (κ2) is 3.05. The Kier molecular flexibility index (Phi) is 1.88. The highest BCUT2D eigenvalue weighted by molar-refractivity contribution is 5.66. The molecule has 0 saturated carbocycles. The summed E-state index contributed by atoms with van der Waals surface area (Å²) < 4.78 is 1.89. The van der Waals surface area contributed by atoms with Crippen molar-refractivity contribution in [2.45, 2.75) is 19.9 Å². The van der Waals surface area contributed by atoms with Gasteiger partial charge in [-0.15, -0.1) is 10.2 Å². The van der Waals surface area contributed by atoms with Crippen LogP contribution in [-0.2, 0) is 0 Å². The largest absolute Gasteiger partial charge is 0.380 e. The maximum absolute atomic E-state index is 4.02. The minimum atomic E-state index is 0.405. The lowest BCUT2D eigenvalue weighted by molar-refractivity contribution is 0.898. The zero-order valence-electron chi connectivity index (χ0n) is 7.73. The van der Waals surface area contributed by atoms with Gasteiger partial charge >= 0.3 is 0 Å². The van der Waals surface area contributed by atoms with Gasteiger partial charge < -0.3 is 5.32 Å². The number of nitrogens with one attached hydrogen (secondary N) is 1. The smallest absolute Gasteiger partial charge is 0.183 e. The highest BCUT2D eigenvalue weighted by Crippen LogP contribution is 2.13. The third-order valence-corrected chi connectivity index (χ3v) is 1.77. The molecule has 2 aromatic heterocycles. The fourth-order valence-corrected chi connectivity index (χ4v) is 1.27. The number of anilines is 1. The predicted molar refractivity (Wildman–Crippen MR) is 51.7 cm³/mol. The molecule has 0 aromatic carbocycles. The maximum atomic E-state index is 4.02. The van der Waals surface area contributed by atoms with E-state index < -0.39 is 0 Å². The van der Waals surface area contributed by atoms with E-state index in [1.54, 1.807) is 6.33 Å². The lowest BCUT2D eigenvalue weighted by Gasteiger charge is -2.09. The van der Waals surface area contributed by atoms with E-state index in [4.69, 9.17) is 0 Å². The highest BCUT2D eigenvalue weighted by atomic mass is 15.2. The maximum Gasteiger partial charge on any atom is 0.183 e. The van der Waals surface area contributed by atoms with Crippen LogP contribution in [0.4, 0.5) is 5.69 Å². The van der Waals surface area contributed by atoms with Gasteiger partial charge in [-0.25, -0.2) is 0 Å². The van der Waals surface area contributed by atoms with Gasteiger partial charge in [-0.1, -0.05) is 0 Å². The van der Waals surface area contributed by atoms with Crippen molar-refractivity contribution in [2.24, 2.45) is 0 Å². The first kappa shape index (κ1) is 8.04. The molecule has 0 radical (unpaired) electrons. The number of pyridine rings is 1. The van der Waals surface area contributed by atoms with Gasteiger partial charge in [-0.2, -0.15) is 0 Å². The van der Waals surface area contributed by atoms with Crippen LogP contribution in [0.3, 0.4) is 0 Å². The van der Waals surface area contributed by atoms with Crippen LogP contribution in [0.15, 0.2) is 24.7 Å². The lowest BCUT2D eigenvalue weighted by atomic mass is 10.3. The summed E-state index contributed by atoms with van der Waals surface area (Å²) in [6.45, 7) is 4.19. The van der Waals surface area contributed by atoms with Crippen LogP contribution in [0.25, 0.3) is 5.65 Å². The first-order valence-electron chi connectivity index (χ1n) is 4.32. The Bertz CT molecular complexity index is 405. The minimum absolute atomic E-state index is 0.405. The molecule has 0 spiro atoms. The van der Waals surface area contributed by atoms with Crippen LogP contribution in [0.1, 0.15) is 13.8 Å². The van der Waals surface area contributed by atoms with E-state index in [0.29, 0.717) is 6.04 Å². The predicted octanol–water partition coefficient (Wildman–Crippen LogP) is 1.55.